The number of rotatable bonds is 7. The van der Waals surface area contributed by atoms with Crippen LogP contribution in [0.25, 0.3) is 5.69 Å². The summed E-state index contributed by atoms with van der Waals surface area (Å²) in [7, 11) is 1.61. The molecule has 0 saturated carbocycles. The third-order valence-corrected chi connectivity index (χ3v) is 5.36. The molecule has 3 aromatic rings. The standard InChI is InChI=1S/C18H17ClN4O3S/c1-12-20-21-18(23(12)15-7-9-16(26-2)10-8-15)27-17(11-22(24)25)13-3-5-14(19)6-4-13/h3-10,17H,11H2,1-2H3/t17-/m0/s1. The molecule has 0 aliphatic carbocycles. The first-order chi connectivity index (χ1) is 13.0. The zero-order valence-corrected chi connectivity index (χ0v) is 16.3. The van der Waals surface area contributed by atoms with Crippen LogP contribution in [0.1, 0.15) is 16.6 Å². The maximum Gasteiger partial charge on any atom is 0.220 e. The van der Waals surface area contributed by atoms with Gasteiger partial charge in [0.25, 0.3) is 0 Å². The van der Waals surface area contributed by atoms with Crippen LogP contribution in [0.15, 0.2) is 53.7 Å². The predicted octanol–water partition coefficient (Wildman–Crippen LogP) is 4.35. The van der Waals surface area contributed by atoms with Crippen molar-refractivity contribution in [1.29, 1.82) is 0 Å². The minimum Gasteiger partial charge on any atom is -0.497 e. The van der Waals surface area contributed by atoms with Gasteiger partial charge in [-0.2, -0.15) is 0 Å². The van der Waals surface area contributed by atoms with Crippen LogP contribution in [0.3, 0.4) is 0 Å². The van der Waals surface area contributed by atoms with Crippen LogP contribution in [0.4, 0.5) is 0 Å². The van der Waals surface area contributed by atoms with Crippen LogP contribution < -0.4 is 4.74 Å². The quantitative estimate of drug-likeness (QED) is 0.331. The van der Waals surface area contributed by atoms with E-state index in [1.165, 1.54) is 11.8 Å². The van der Waals surface area contributed by atoms with Gasteiger partial charge in [0, 0.05) is 15.6 Å². The second-order valence-electron chi connectivity index (χ2n) is 5.74. The highest BCUT2D eigenvalue weighted by atomic mass is 35.5. The van der Waals surface area contributed by atoms with Crippen molar-refractivity contribution in [2.45, 2.75) is 17.3 Å². The van der Waals surface area contributed by atoms with Gasteiger partial charge >= 0.3 is 0 Å². The fourth-order valence-corrected chi connectivity index (χ4v) is 3.90. The Balaban J connectivity index is 1.94. The molecule has 7 nitrogen and oxygen atoms in total. The summed E-state index contributed by atoms with van der Waals surface area (Å²) < 4.78 is 7.06. The van der Waals surface area contributed by atoms with E-state index in [9.17, 15) is 10.1 Å². The number of nitrogens with zero attached hydrogens (tertiary/aromatic N) is 4. The average molecular weight is 405 g/mol. The molecule has 1 aromatic heterocycles. The van der Waals surface area contributed by atoms with Crippen LogP contribution >= 0.6 is 23.4 Å². The van der Waals surface area contributed by atoms with Crippen LogP contribution in [-0.2, 0) is 0 Å². The van der Waals surface area contributed by atoms with E-state index < -0.39 is 5.25 Å². The van der Waals surface area contributed by atoms with Gasteiger partial charge in [0.05, 0.1) is 7.11 Å². The molecule has 0 fully saturated rings. The van der Waals surface area contributed by atoms with Gasteiger partial charge in [-0.05, 0) is 48.9 Å². The van der Waals surface area contributed by atoms with Crippen molar-refractivity contribution in [3.8, 4) is 11.4 Å². The number of benzene rings is 2. The highest BCUT2D eigenvalue weighted by Crippen LogP contribution is 2.36. The molecule has 0 spiro atoms. The van der Waals surface area contributed by atoms with Crippen LogP contribution in [0.2, 0.25) is 5.02 Å². The Labute approximate surface area is 165 Å². The summed E-state index contributed by atoms with van der Waals surface area (Å²) >= 11 is 7.24. The number of methoxy groups -OCH3 is 1. The number of aromatic nitrogens is 3. The first-order valence-corrected chi connectivity index (χ1v) is 9.34. The molecule has 2 aromatic carbocycles. The number of hydrogen-bond donors (Lipinski definition) is 0. The molecule has 27 heavy (non-hydrogen) atoms. The Bertz CT molecular complexity index is 929. The molecule has 0 aliphatic rings. The first kappa shape index (κ1) is 19.2. The molecule has 0 saturated heterocycles. The zero-order chi connectivity index (χ0) is 19.4. The van der Waals surface area contributed by atoms with E-state index in [1.54, 1.807) is 31.4 Å². The van der Waals surface area contributed by atoms with E-state index in [4.69, 9.17) is 16.3 Å². The number of ether oxygens (including phenoxy) is 1. The number of halogens is 1. The fourth-order valence-electron chi connectivity index (χ4n) is 2.60. The highest BCUT2D eigenvalue weighted by Gasteiger charge is 2.23. The topological polar surface area (TPSA) is 83.1 Å². The van der Waals surface area contributed by atoms with Gasteiger partial charge in [-0.15, -0.1) is 10.2 Å². The van der Waals surface area contributed by atoms with E-state index in [0.717, 1.165) is 17.0 Å². The Morgan fingerprint density at radius 3 is 2.44 bits per heavy atom. The SMILES string of the molecule is COc1ccc(-n2c(C)nnc2S[C@@H](C[N+](=O)[O-])c2ccc(Cl)cc2)cc1. The Morgan fingerprint density at radius 2 is 1.85 bits per heavy atom. The number of aryl methyl sites for hydroxylation is 1. The van der Waals surface area contributed by atoms with Gasteiger partial charge in [0.2, 0.25) is 6.54 Å². The van der Waals surface area contributed by atoms with E-state index in [1.807, 2.05) is 35.8 Å². The molecule has 140 valence electrons. The van der Waals surface area contributed by atoms with Crippen LogP contribution in [0, 0.1) is 17.0 Å². The van der Waals surface area contributed by atoms with Crippen molar-refractivity contribution >= 4 is 23.4 Å². The van der Waals surface area contributed by atoms with Gasteiger partial charge in [-0.1, -0.05) is 35.5 Å². The monoisotopic (exact) mass is 404 g/mol. The molecule has 0 unspecified atom stereocenters. The van der Waals surface area contributed by atoms with Crippen LogP contribution in [-0.4, -0.2) is 33.3 Å². The Kier molecular flexibility index (Phi) is 5.98. The lowest BCUT2D eigenvalue weighted by molar-refractivity contribution is -0.479. The van der Waals surface area contributed by atoms with E-state index in [2.05, 4.69) is 10.2 Å². The minimum atomic E-state index is -0.419. The molecule has 0 aliphatic heterocycles. The van der Waals surface area contributed by atoms with Crippen molar-refractivity contribution in [2.75, 3.05) is 13.7 Å². The summed E-state index contributed by atoms with van der Waals surface area (Å²) in [5.41, 5.74) is 1.67. The summed E-state index contributed by atoms with van der Waals surface area (Å²) in [6.07, 6.45) is 0. The smallest absolute Gasteiger partial charge is 0.220 e. The van der Waals surface area contributed by atoms with E-state index >= 15 is 0 Å². The van der Waals surface area contributed by atoms with Crippen LogP contribution in [0.5, 0.6) is 5.75 Å². The van der Waals surface area contributed by atoms with Gasteiger partial charge in [-0.3, -0.25) is 14.7 Å². The van der Waals surface area contributed by atoms with Crippen molar-refractivity contribution in [3.05, 3.63) is 75.1 Å². The zero-order valence-electron chi connectivity index (χ0n) is 14.7. The number of hydrogen-bond acceptors (Lipinski definition) is 6. The highest BCUT2D eigenvalue weighted by molar-refractivity contribution is 7.99. The first-order valence-electron chi connectivity index (χ1n) is 8.08. The molecule has 0 bridgehead atoms. The fraction of sp³-hybridized carbons (Fsp3) is 0.222. The van der Waals surface area contributed by atoms with Crippen molar-refractivity contribution in [2.24, 2.45) is 0 Å². The second kappa shape index (κ2) is 8.41. The Morgan fingerprint density at radius 1 is 1.19 bits per heavy atom. The minimum absolute atomic E-state index is 0.235. The van der Waals surface area contributed by atoms with Gasteiger partial charge in [-0.25, -0.2) is 0 Å². The summed E-state index contributed by atoms with van der Waals surface area (Å²) in [4.78, 5) is 10.9. The largest absolute Gasteiger partial charge is 0.497 e. The maximum absolute atomic E-state index is 11.2. The Hall–Kier alpha value is -2.58. The molecule has 0 amide bonds. The second-order valence-corrected chi connectivity index (χ2v) is 7.34. The van der Waals surface area contributed by atoms with Crippen molar-refractivity contribution < 1.29 is 9.66 Å². The van der Waals surface area contributed by atoms with Gasteiger partial charge in [0.1, 0.15) is 16.8 Å². The van der Waals surface area contributed by atoms with E-state index in [-0.39, 0.29) is 11.5 Å². The summed E-state index contributed by atoms with van der Waals surface area (Å²) in [6, 6.07) is 14.5. The molecular formula is C18H17ClN4O3S. The molecule has 0 N–H and O–H groups in total. The molecule has 1 atom stereocenters. The lowest BCUT2D eigenvalue weighted by Gasteiger charge is -2.14. The molecule has 1 heterocycles. The van der Waals surface area contributed by atoms with E-state index in [0.29, 0.717) is 16.0 Å². The van der Waals surface area contributed by atoms with Crippen molar-refractivity contribution in [1.82, 2.24) is 14.8 Å². The number of nitro groups is 1. The van der Waals surface area contributed by atoms with Gasteiger partial charge in [0.15, 0.2) is 5.16 Å². The summed E-state index contributed by atoms with van der Waals surface area (Å²) in [5.74, 6) is 1.43. The third-order valence-electron chi connectivity index (χ3n) is 3.93. The summed E-state index contributed by atoms with van der Waals surface area (Å²) in [6.45, 7) is 1.60. The van der Waals surface area contributed by atoms with Crippen molar-refractivity contribution in [3.63, 3.8) is 0 Å². The normalized spacial score (nSPS) is 12.0. The predicted molar refractivity (Wildman–Crippen MR) is 105 cm³/mol. The average Bonchev–Trinajstić information content (AvgIpc) is 3.02. The molecular weight excluding hydrogens is 388 g/mol. The summed E-state index contributed by atoms with van der Waals surface area (Å²) in [5, 5.41) is 20.3. The lowest BCUT2D eigenvalue weighted by Crippen LogP contribution is -2.11. The molecule has 0 radical (unpaired) electrons. The van der Waals surface area contributed by atoms with Gasteiger partial charge < -0.3 is 4.74 Å². The molecule has 9 heteroatoms. The maximum atomic E-state index is 11.2. The molecule has 3 rings (SSSR count). The third kappa shape index (κ3) is 4.58. The number of thioether (sulfide) groups is 1. The lowest BCUT2D eigenvalue weighted by atomic mass is 10.1.